The molecule has 0 radical (unpaired) electrons. The molecular weight excluding hydrogens is 310 g/mol. The Balaban J connectivity index is 2.31. The van der Waals surface area contributed by atoms with Crippen LogP contribution in [0, 0.1) is 0 Å². The third kappa shape index (κ3) is 2.13. The number of para-hydroxylation sites is 2. The molecule has 1 aliphatic heterocycles. The van der Waals surface area contributed by atoms with E-state index in [4.69, 9.17) is 11.6 Å². The molecule has 1 amide bonds. The number of sulfone groups is 1. The number of amides is 1. The Morgan fingerprint density at radius 3 is 1.90 bits per heavy atom. The first-order valence-electron chi connectivity index (χ1n) is 6.39. The highest BCUT2D eigenvalue weighted by atomic mass is 35.5. The average Bonchev–Trinajstić information content (AvgIpc) is 2.48. The van der Waals surface area contributed by atoms with Crippen LogP contribution in [-0.4, -0.2) is 20.2 Å². The smallest absolute Gasteiger partial charge is 0.232 e. The number of rotatable bonds is 2. The summed E-state index contributed by atoms with van der Waals surface area (Å²) < 4.78 is 25.3. The number of fused-ring (bicyclic) bond motifs is 2. The van der Waals surface area contributed by atoms with Crippen molar-refractivity contribution in [1.82, 2.24) is 0 Å². The molecule has 0 spiro atoms. The van der Waals surface area contributed by atoms with Gasteiger partial charge in [-0.25, -0.2) is 8.42 Å². The summed E-state index contributed by atoms with van der Waals surface area (Å²) in [5, 5.41) is 0. The highest BCUT2D eigenvalue weighted by Crippen LogP contribution is 2.43. The number of nitrogens with zero attached hydrogens (tertiary/aromatic N) is 1. The van der Waals surface area contributed by atoms with Gasteiger partial charge in [0.05, 0.1) is 21.2 Å². The Morgan fingerprint density at radius 1 is 0.952 bits per heavy atom. The van der Waals surface area contributed by atoms with Gasteiger partial charge in [-0.2, -0.15) is 0 Å². The third-order valence-corrected chi connectivity index (χ3v) is 5.39. The number of carbonyl (C=O) groups is 1. The molecule has 0 aromatic heterocycles. The molecule has 1 aliphatic rings. The van der Waals surface area contributed by atoms with Crippen molar-refractivity contribution in [3.8, 4) is 0 Å². The molecule has 0 fully saturated rings. The van der Waals surface area contributed by atoms with E-state index in [9.17, 15) is 13.2 Å². The molecule has 2 aromatic rings. The standard InChI is InChI=1S/C15H12ClNO3S/c16-10-9-15(18)17-11-5-1-3-7-13(11)21(19,20)14-8-4-2-6-12(14)17/h1-8H,9-10H2. The second-order valence-corrected chi connectivity index (χ2v) is 6.87. The topological polar surface area (TPSA) is 54.5 Å². The number of alkyl halides is 1. The quantitative estimate of drug-likeness (QED) is 0.799. The van der Waals surface area contributed by atoms with E-state index in [1.54, 1.807) is 36.4 Å². The second kappa shape index (κ2) is 5.16. The van der Waals surface area contributed by atoms with Crippen LogP contribution in [0.2, 0.25) is 0 Å². The molecule has 1 heterocycles. The molecule has 0 unspecified atom stereocenters. The molecule has 21 heavy (non-hydrogen) atoms. The fourth-order valence-electron chi connectivity index (χ4n) is 2.45. The van der Waals surface area contributed by atoms with Crippen LogP contribution < -0.4 is 4.90 Å². The zero-order valence-electron chi connectivity index (χ0n) is 11.0. The van der Waals surface area contributed by atoms with Crippen LogP contribution >= 0.6 is 11.6 Å². The number of anilines is 2. The van der Waals surface area contributed by atoms with E-state index in [2.05, 4.69) is 0 Å². The summed E-state index contributed by atoms with van der Waals surface area (Å²) in [7, 11) is -3.61. The van der Waals surface area contributed by atoms with Crippen LogP contribution in [-0.2, 0) is 14.6 Å². The molecule has 0 bridgehead atoms. The highest BCUT2D eigenvalue weighted by Gasteiger charge is 2.35. The maximum Gasteiger partial charge on any atom is 0.232 e. The van der Waals surface area contributed by atoms with Gasteiger partial charge in [0.15, 0.2) is 0 Å². The van der Waals surface area contributed by atoms with Crippen molar-refractivity contribution in [2.45, 2.75) is 16.2 Å². The lowest BCUT2D eigenvalue weighted by Gasteiger charge is -2.31. The van der Waals surface area contributed by atoms with Crippen LogP contribution in [0.5, 0.6) is 0 Å². The molecule has 108 valence electrons. The summed E-state index contributed by atoms with van der Waals surface area (Å²) in [6.07, 6.45) is 0.143. The van der Waals surface area contributed by atoms with Crippen LogP contribution in [0.3, 0.4) is 0 Å². The van der Waals surface area contributed by atoms with E-state index in [1.807, 2.05) is 0 Å². The minimum absolute atomic E-state index is 0.143. The van der Waals surface area contributed by atoms with E-state index in [-0.39, 0.29) is 28.0 Å². The summed E-state index contributed by atoms with van der Waals surface area (Å²) in [4.78, 5) is 14.1. The lowest BCUT2D eigenvalue weighted by atomic mass is 10.2. The van der Waals surface area contributed by atoms with Crippen LogP contribution in [0.4, 0.5) is 11.4 Å². The van der Waals surface area contributed by atoms with Crippen LogP contribution in [0.1, 0.15) is 6.42 Å². The highest BCUT2D eigenvalue weighted by molar-refractivity contribution is 7.92. The fraction of sp³-hybridized carbons (Fsp3) is 0.133. The third-order valence-electron chi connectivity index (χ3n) is 3.35. The summed E-state index contributed by atoms with van der Waals surface area (Å²) in [6.45, 7) is 0. The first-order chi connectivity index (χ1) is 10.1. The van der Waals surface area contributed by atoms with E-state index in [1.165, 1.54) is 17.0 Å². The van der Waals surface area contributed by atoms with Crippen molar-refractivity contribution < 1.29 is 13.2 Å². The minimum atomic E-state index is -3.61. The summed E-state index contributed by atoms with van der Waals surface area (Å²) >= 11 is 5.66. The Kier molecular flexibility index (Phi) is 3.47. The Bertz CT molecular complexity index is 764. The average molecular weight is 322 g/mol. The summed E-state index contributed by atoms with van der Waals surface area (Å²) in [5.74, 6) is -0.0355. The van der Waals surface area contributed by atoms with Gasteiger partial charge < -0.3 is 0 Å². The van der Waals surface area contributed by atoms with Crippen molar-refractivity contribution in [3.63, 3.8) is 0 Å². The van der Waals surface area contributed by atoms with Crippen molar-refractivity contribution in [1.29, 1.82) is 0 Å². The molecule has 0 N–H and O–H groups in total. The maximum absolute atomic E-state index is 12.7. The van der Waals surface area contributed by atoms with Gasteiger partial charge in [-0.1, -0.05) is 24.3 Å². The zero-order valence-corrected chi connectivity index (χ0v) is 12.6. The van der Waals surface area contributed by atoms with Crippen LogP contribution in [0.25, 0.3) is 0 Å². The lowest BCUT2D eigenvalue weighted by Crippen LogP contribution is -2.31. The van der Waals surface area contributed by atoms with Gasteiger partial charge in [-0.05, 0) is 24.3 Å². The number of hydrogen-bond acceptors (Lipinski definition) is 3. The van der Waals surface area contributed by atoms with Crippen molar-refractivity contribution in [2.24, 2.45) is 0 Å². The molecule has 3 rings (SSSR count). The predicted molar refractivity (Wildman–Crippen MR) is 80.8 cm³/mol. The van der Waals surface area contributed by atoms with E-state index in [0.717, 1.165) is 0 Å². The van der Waals surface area contributed by atoms with Gasteiger partial charge in [0.2, 0.25) is 15.7 Å². The number of benzene rings is 2. The molecule has 2 aromatic carbocycles. The number of hydrogen-bond donors (Lipinski definition) is 0. The van der Waals surface area contributed by atoms with Crippen LogP contribution in [0.15, 0.2) is 58.3 Å². The second-order valence-electron chi connectivity index (χ2n) is 4.61. The van der Waals surface area contributed by atoms with Gasteiger partial charge in [-0.15, -0.1) is 11.6 Å². The zero-order chi connectivity index (χ0) is 15.0. The molecule has 0 saturated carbocycles. The summed E-state index contributed by atoms with van der Waals surface area (Å²) in [6, 6.07) is 13.0. The Labute approximate surface area is 127 Å². The van der Waals surface area contributed by atoms with Crippen molar-refractivity contribution >= 4 is 38.7 Å². The SMILES string of the molecule is O=C(CCCl)N1c2ccccc2S(=O)(=O)c2ccccc21. The van der Waals surface area contributed by atoms with E-state index >= 15 is 0 Å². The van der Waals surface area contributed by atoms with Gasteiger partial charge in [0.1, 0.15) is 0 Å². The molecule has 4 nitrogen and oxygen atoms in total. The van der Waals surface area contributed by atoms with Gasteiger partial charge in [0.25, 0.3) is 0 Å². The van der Waals surface area contributed by atoms with Gasteiger partial charge in [-0.3, -0.25) is 9.69 Å². The predicted octanol–water partition coefficient (Wildman–Crippen LogP) is 3.13. The monoisotopic (exact) mass is 321 g/mol. The fourth-order valence-corrected chi connectivity index (χ4v) is 4.23. The largest absolute Gasteiger partial charge is 0.278 e. The normalized spacial score (nSPS) is 15.2. The summed E-state index contributed by atoms with van der Waals surface area (Å²) in [5.41, 5.74) is 0.762. The molecule has 6 heteroatoms. The molecule has 0 aliphatic carbocycles. The van der Waals surface area contributed by atoms with E-state index in [0.29, 0.717) is 11.4 Å². The van der Waals surface area contributed by atoms with Gasteiger partial charge >= 0.3 is 0 Å². The lowest BCUT2D eigenvalue weighted by molar-refractivity contribution is -0.117. The number of halogens is 1. The van der Waals surface area contributed by atoms with E-state index < -0.39 is 9.84 Å². The first kappa shape index (κ1) is 14.1. The minimum Gasteiger partial charge on any atom is -0.278 e. The van der Waals surface area contributed by atoms with Crippen molar-refractivity contribution in [2.75, 3.05) is 10.8 Å². The first-order valence-corrected chi connectivity index (χ1v) is 8.41. The molecule has 0 atom stereocenters. The number of carbonyl (C=O) groups excluding carboxylic acids is 1. The van der Waals surface area contributed by atoms with Crippen molar-refractivity contribution in [3.05, 3.63) is 48.5 Å². The Hall–Kier alpha value is -1.85. The maximum atomic E-state index is 12.7. The van der Waals surface area contributed by atoms with Gasteiger partial charge in [0, 0.05) is 12.3 Å². The Morgan fingerprint density at radius 2 is 1.43 bits per heavy atom. The molecule has 0 saturated heterocycles. The molecular formula is C15H12ClNO3S.